The molecule has 0 saturated carbocycles. The van der Waals surface area contributed by atoms with Crippen molar-refractivity contribution in [2.45, 2.75) is 25.3 Å². The van der Waals surface area contributed by atoms with Crippen LogP contribution < -0.4 is 5.56 Å². The molecule has 1 aliphatic heterocycles. The first-order valence-electron chi connectivity index (χ1n) is 10.8. The van der Waals surface area contributed by atoms with Crippen molar-refractivity contribution in [2.24, 2.45) is 5.92 Å². The lowest BCUT2D eigenvalue weighted by Crippen LogP contribution is -2.50. The molecular weight excluding hydrogens is 466 g/mol. The predicted molar refractivity (Wildman–Crippen MR) is 122 cm³/mol. The number of amides is 1. The Morgan fingerprint density at radius 3 is 2.26 bits per heavy atom. The number of carbonyl (C=O) groups is 1. The zero-order chi connectivity index (χ0) is 24.6. The minimum atomic E-state index is -4.05. The van der Waals surface area contributed by atoms with Crippen LogP contribution in [-0.4, -0.2) is 59.5 Å². The second-order valence-corrected chi connectivity index (χ2v) is 10.5. The lowest BCUT2D eigenvalue weighted by molar-refractivity contribution is 0.0691. The molecule has 0 aliphatic carbocycles. The van der Waals surface area contributed by atoms with Crippen LogP contribution in [0.5, 0.6) is 0 Å². The summed E-state index contributed by atoms with van der Waals surface area (Å²) in [6.45, 7) is 4.37. The number of fused-ring (bicyclic) bond motifs is 1. The number of carbonyl (C=O) groups excluding carboxylic acids is 1. The Hall–Kier alpha value is -3.18. The fraction of sp³-hybridized carbons (Fsp3) is 0.348. The van der Waals surface area contributed by atoms with Crippen molar-refractivity contribution < 1.29 is 22.0 Å². The van der Waals surface area contributed by atoms with Gasteiger partial charge in [0.2, 0.25) is 10.0 Å². The van der Waals surface area contributed by atoms with Gasteiger partial charge in [-0.2, -0.15) is 9.40 Å². The molecule has 11 heteroatoms. The van der Waals surface area contributed by atoms with Crippen molar-refractivity contribution in [1.29, 1.82) is 0 Å². The van der Waals surface area contributed by atoms with Gasteiger partial charge in [0.1, 0.15) is 0 Å². The van der Waals surface area contributed by atoms with E-state index in [1.54, 1.807) is 24.3 Å². The van der Waals surface area contributed by atoms with Gasteiger partial charge in [-0.1, -0.05) is 32.0 Å². The normalized spacial score (nSPS) is 15.3. The van der Waals surface area contributed by atoms with Crippen molar-refractivity contribution in [1.82, 2.24) is 19.0 Å². The van der Waals surface area contributed by atoms with Gasteiger partial charge in [-0.3, -0.25) is 9.59 Å². The van der Waals surface area contributed by atoms with E-state index >= 15 is 0 Å². The molecular formula is C23H24F2N4O4S. The maximum absolute atomic E-state index is 13.6. The lowest BCUT2D eigenvalue weighted by atomic mass is 10.1. The molecule has 0 spiro atoms. The van der Waals surface area contributed by atoms with Gasteiger partial charge >= 0.3 is 0 Å². The third-order valence-electron chi connectivity index (χ3n) is 5.66. The molecule has 8 nitrogen and oxygen atoms in total. The number of sulfonamides is 1. The average molecular weight is 491 g/mol. The molecule has 1 aliphatic rings. The van der Waals surface area contributed by atoms with E-state index in [1.807, 2.05) is 13.8 Å². The second-order valence-electron chi connectivity index (χ2n) is 8.55. The van der Waals surface area contributed by atoms with Crippen LogP contribution in [0.3, 0.4) is 0 Å². The van der Waals surface area contributed by atoms with Crippen molar-refractivity contribution in [2.75, 3.05) is 26.2 Å². The molecule has 0 unspecified atom stereocenters. The summed E-state index contributed by atoms with van der Waals surface area (Å²) in [7, 11) is -4.05. The Morgan fingerprint density at radius 1 is 1.00 bits per heavy atom. The number of hydrogen-bond acceptors (Lipinski definition) is 5. The number of benzene rings is 2. The summed E-state index contributed by atoms with van der Waals surface area (Å²) >= 11 is 0. The Labute approximate surface area is 195 Å². The Balaban J connectivity index is 1.59. The lowest BCUT2D eigenvalue weighted by Gasteiger charge is -2.34. The minimum absolute atomic E-state index is 0.0172. The molecule has 1 amide bonds. The van der Waals surface area contributed by atoms with Gasteiger partial charge in [0.15, 0.2) is 17.3 Å². The van der Waals surface area contributed by atoms with E-state index in [-0.39, 0.29) is 48.2 Å². The Kier molecular flexibility index (Phi) is 6.50. The number of hydrogen-bond donors (Lipinski definition) is 0. The van der Waals surface area contributed by atoms with E-state index in [1.165, 1.54) is 9.58 Å². The monoisotopic (exact) mass is 490 g/mol. The highest BCUT2D eigenvalue weighted by molar-refractivity contribution is 7.89. The van der Waals surface area contributed by atoms with Crippen LogP contribution in [0, 0.1) is 17.6 Å². The molecule has 4 rings (SSSR count). The van der Waals surface area contributed by atoms with Crippen LogP contribution in [0.15, 0.2) is 52.2 Å². The highest BCUT2D eigenvalue weighted by Gasteiger charge is 2.32. The van der Waals surface area contributed by atoms with Crippen molar-refractivity contribution in [3.05, 3.63) is 70.1 Å². The second kappa shape index (κ2) is 9.22. The topological polar surface area (TPSA) is 92.6 Å². The zero-order valence-corrected chi connectivity index (χ0v) is 19.6. The average Bonchev–Trinajstić information content (AvgIpc) is 2.82. The predicted octanol–water partition coefficient (Wildman–Crippen LogP) is 2.48. The molecule has 180 valence electrons. The summed E-state index contributed by atoms with van der Waals surface area (Å²) in [5, 5.41) is 5.18. The largest absolute Gasteiger partial charge is 0.335 e. The summed E-state index contributed by atoms with van der Waals surface area (Å²) in [5.41, 5.74) is -0.143. The highest BCUT2D eigenvalue weighted by Crippen LogP contribution is 2.22. The molecule has 34 heavy (non-hydrogen) atoms. The Morgan fingerprint density at radius 2 is 1.65 bits per heavy atom. The molecule has 0 bridgehead atoms. The van der Waals surface area contributed by atoms with Crippen molar-refractivity contribution in [3.63, 3.8) is 0 Å². The molecule has 0 N–H and O–H groups in total. The first-order chi connectivity index (χ1) is 16.1. The number of halogens is 2. The van der Waals surface area contributed by atoms with E-state index in [4.69, 9.17) is 0 Å². The van der Waals surface area contributed by atoms with Gasteiger partial charge in [0.05, 0.1) is 10.3 Å². The summed E-state index contributed by atoms with van der Waals surface area (Å²) < 4.78 is 54.9. The molecule has 3 aromatic rings. The minimum Gasteiger partial charge on any atom is -0.335 e. The van der Waals surface area contributed by atoms with Gasteiger partial charge in [0.25, 0.3) is 11.5 Å². The van der Waals surface area contributed by atoms with Crippen LogP contribution >= 0.6 is 0 Å². The first kappa shape index (κ1) is 24.0. The van der Waals surface area contributed by atoms with Gasteiger partial charge in [-0.15, -0.1) is 0 Å². The van der Waals surface area contributed by atoms with E-state index in [0.29, 0.717) is 23.4 Å². The number of nitrogens with zero attached hydrogens (tertiary/aromatic N) is 4. The van der Waals surface area contributed by atoms with Crippen LogP contribution in [0.1, 0.15) is 24.3 Å². The van der Waals surface area contributed by atoms with Crippen LogP contribution in [0.2, 0.25) is 0 Å². The summed E-state index contributed by atoms with van der Waals surface area (Å²) in [5.74, 6) is -2.64. The van der Waals surface area contributed by atoms with Gasteiger partial charge < -0.3 is 4.90 Å². The van der Waals surface area contributed by atoms with Crippen molar-refractivity contribution in [3.8, 4) is 0 Å². The zero-order valence-electron chi connectivity index (χ0n) is 18.7. The van der Waals surface area contributed by atoms with Gasteiger partial charge in [-0.25, -0.2) is 21.9 Å². The molecule has 2 heterocycles. The maximum Gasteiger partial charge on any atom is 0.275 e. The number of aromatic nitrogens is 2. The molecule has 0 radical (unpaired) electrons. The summed E-state index contributed by atoms with van der Waals surface area (Å²) in [6, 6.07) is 9.19. The van der Waals surface area contributed by atoms with Gasteiger partial charge in [0, 0.05) is 38.1 Å². The molecule has 1 fully saturated rings. The standard InChI is InChI=1S/C23H24F2N4O4S/c1-15(2)14-29-22(30)18-6-4-3-5-17(18)21(26-29)23(31)27-9-11-28(12-10-27)34(32,33)16-7-8-19(24)20(25)13-16/h3-8,13,15H,9-12,14H2,1-2H3. The summed E-state index contributed by atoms with van der Waals surface area (Å²) in [6.07, 6.45) is 0. The first-order valence-corrected chi connectivity index (χ1v) is 12.3. The molecule has 0 atom stereocenters. The quantitative estimate of drug-likeness (QED) is 0.548. The van der Waals surface area contributed by atoms with Crippen LogP contribution in [0.4, 0.5) is 8.78 Å². The Bertz CT molecular complexity index is 1410. The van der Waals surface area contributed by atoms with E-state index in [2.05, 4.69) is 5.10 Å². The third kappa shape index (κ3) is 4.45. The fourth-order valence-electron chi connectivity index (χ4n) is 3.93. The van der Waals surface area contributed by atoms with Gasteiger partial charge in [-0.05, 0) is 30.2 Å². The number of piperazine rings is 1. The van der Waals surface area contributed by atoms with E-state index in [9.17, 15) is 26.8 Å². The highest BCUT2D eigenvalue weighted by atomic mass is 32.2. The SMILES string of the molecule is CC(C)Cn1nc(C(=O)N2CCN(S(=O)(=O)c3ccc(F)c(F)c3)CC2)c2ccccc2c1=O. The van der Waals surface area contributed by atoms with Crippen molar-refractivity contribution >= 4 is 26.7 Å². The molecule has 1 saturated heterocycles. The number of rotatable bonds is 5. The summed E-state index contributed by atoms with van der Waals surface area (Å²) in [4.78, 5) is 27.3. The van der Waals surface area contributed by atoms with Crippen LogP contribution in [0.25, 0.3) is 10.8 Å². The molecule has 1 aromatic heterocycles. The molecule has 2 aromatic carbocycles. The third-order valence-corrected chi connectivity index (χ3v) is 7.56. The fourth-order valence-corrected chi connectivity index (χ4v) is 5.36. The maximum atomic E-state index is 13.6. The van der Waals surface area contributed by atoms with Crippen LogP contribution in [-0.2, 0) is 16.6 Å². The van der Waals surface area contributed by atoms with E-state index < -0.39 is 27.6 Å². The smallest absolute Gasteiger partial charge is 0.275 e. The van der Waals surface area contributed by atoms with E-state index in [0.717, 1.165) is 16.4 Å².